The summed E-state index contributed by atoms with van der Waals surface area (Å²) in [5.41, 5.74) is 5.62. The highest BCUT2D eigenvalue weighted by Gasteiger charge is 2.53. The van der Waals surface area contributed by atoms with E-state index >= 15 is 0 Å². The molecule has 2 amide bonds. The van der Waals surface area contributed by atoms with E-state index in [0.717, 1.165) is 0 Å². The smallest absolute Gasteiger partial charge is 0.223 e. The molecular formula is C18H24N4O5S. The van der Waals surface area contributed by atoms with Crippen LogP contribution in [0.25, 0.3) is 0 Å². The maximum Gasteiger partial charge on any atom is 0.223 e. The zero-order valence-electron chi connectivity index (χ0n) is 15.7. The molecule has 3 atom stereocenters. The van der Waals surface area contributed by atoms with Crippen molar-refractivity contribution in [2.75, 3.05) is 13.1 Å². The number of hydrogen-bond donors (Lipinski definition) is 1. The maximum atomic E-state index is 12.8. The number of fused-ring (bicyclic) bond motifs is 1. The van der Waals surface area contributed by atoms with Crippen LogP contribution in [0, 0.1) is 5.92 Å². The second-order valence-corrected chi connectivity index (χ2v) is 9.24. The van der Waals surface area contributed by atoms with Crippen molar-refractivity contribution >= 4 is 27.6 Å². The van der Waals surface area contributed by atoms with Gasteiger partial charge in [0.2, 0.25) is 21.8 Å². The molecule has 0 aromatic carbocycles. The van der Waals surface area contributed by atoms with Gasteiger partial charge in [0.1, 0.15) is 11.8 Å². The molecule has 0 saturated carbocycles. The first kappa shape index (κ1) is 20.4. The number of rotatable bonds is 7. The quantitative estimate of drug-likeness (QED) is 0.657. The molecule has 0 bridgehead atoms. The molecule has 2 fully saturated rings. The summed E-state index contributed by atoms with van der Waals surface area (Å²) in [6.07, 6.45) is 2.33. The number of aromatic nitrogens is 1. The lowest BCUT2D eigenvalue weighted by molar-refractivity contribution is -0.136. The van der Waals surface area contributed by atoms with Gasteiger partial charge in [-0.05, 0) is 25.0 Å². The summed E-state index contributed by atoms with van der Waals surface area (Å²) in [4.78, 5) is 41.7. The number of ketones is 1. The summed E-state index contributed by atoms with van der Waals surface area (Å²) >= 11 is 0. The SMILES string of the molecule is CC(CCC(=O)N1CCC2C1C(=O)CN2S(=O)(=O)Cc1ccccn1)C(N)=O. The van der Waals surface area contributed by atoms with Crippen LogP contribution in [-0.2, 0) is 30.2 Å². The van der Waals surface area contributed by atoms with Crippen LogP contribution < -0.4 is 5.73 Å². The first-order valence-electron chi connectivity index (χ1n) is 9.21. The topological polar surface area (TPSA) is 131 Å². The molecule has 2 aliphatic rings. The van der Waals surface area contributed by atoms with Gasteiger partial charge in [0.25, 0.3) is 0 Å². The normalized spacial score (nSPS) is 23.6. The third-order valence-electron chi connectivity index (χ3n) is 5.39. The molecule has 0 aliphatic carbocycles. The lowest BCUT2D eigenvalue weighted by Gasteiger charge is -2.24. The number of amides is 2. The molecule has 3 heterocycles. The summed E-state index contributed by atoms with van der Waals surface area (Å²) in [5.74, 6) is -1.72. The molecule has 0 spiro atoms. The van der Waals surface area contributed by atoms with Crippen LogP contribution in [0.15, 0.2) is 24.4 Å². The van der Waals surface area contributed by atoms with Gasteiger partial charge in [-0.15, -0.1) is 0 Å². The van der Waals surface area contributed by atoms with Crippen molar-refractivity contribution in [1.82, 2.24) is 14.2 Å². The van der Waals surface area contributed by atoms with E-state index in [9.17, 15) is 22.8 Å². The number of Topliss-reactive ketones (excluding diaryl/α,β-unsaturated/α-hetero) is 1. The average molecular weight is 408 g/mol. The number of sulfonamides is 1. The third kappa shape index (κ3) is 4.07. The standard InChI is InChI=1S/C18H24N4O5S/c1-12(18(19)25)5-6-16(24)21-9-7-14-17(21)15(23)10-22(14)28(26,27)11-13-4-2-3-8-20-13/h2-4,8,12,14,17H,5-7,9-11H2,1H3,(H2,19,25). The average Bonchev–Trinajstić information content (AvgIpc) is 3.21. The predicted molar refractivity (Wildman–Crippen MR) is 100 cm³/mol. The largest absolute Gasteiger partial charge is 0.369 e. The van der Waals surface area contributed by atoms with Gasteiger partial charge in [0, 0.05) is 25.1 Å². The van der Waals surface area contributed by atoms with Crippen molar-refractivity contribution in [3.8, 4) is 0 Å². The van der Waals surface area contributed by atoms with Crippen LogP contribution >= 0.6 is 0 Å². The number of primary amides is 1. The molecular weight excluding hydrogens is 384 g/mol. The first-order valence-corrected chi connectivity index (χ1v) is 10.8. The highest BCUT2D eigenvalue weighted by molar-refractivity contribution is 7.88. The second kappa shape index (κ2) is 7.96. The van der Waals surface area contributed by atoms with Crippen molar-refractivity contribution in [3.05, 3.63) is 30.1 Å². The molecule has 152 valence electrons. The highest BCUT2D eigenvalue weighted by Crippen LogP contribution is 2.33. The molecule has 3 rings (SSSR count). The minimum absolute atomic E-state index is 0.0985. The summed E-state index contributed by atoms with van der Waals surface area (Å²) < 4.78 is 26.9. The summed E-state index contributed by atoms with van der Waals surface area (Å²) in [7, 11) is -3.74. The predicted octanol–water partition coefficient (Wildman–Crippen LogP) is -0.333. The van der Waals surface area contributed by atoms with Gasteiger partial charge in [-0.25, -0.2) is 8.42 Å². The monoisotopic (exact) mass is 408 g/mol. The molecule has 2 saturated heterocycles. The Morgan fingerprint density at radius 2 is 2.11 bits per heavy atom. The minimum atomic E-state index is -3.74. The van der Waals surface area contributed by atoms with Crippen molar-refractivity contribution in [2.45, 2.75) is 44.0 Å². The fourth-order valence-corrected chi connectivity index (χ4v) is 5.46. The van der Waals surface area contributed by atoms with E-state index in [0.29, 0.717) is 25.1 Å². The van der Waals surface area contributed by atoms with Gasteiger partial charge in [-0.3, -0.25) is 19.4 Å². The van der Waals surface area contributed by atoms with Crippen LogP contribution in [0.1, 0.15) is 31.9 Å². The van der Waals surface area contributed by atoms with E-state index in [1.165, 1.54) is 15.4 Å². The number of nitrogens with two attached hydrogens (primary N) is 1. The van der Waals surface area contributed by atoms with Crippen LogP contribution in [-0.4, -0.2) is 65.4 Å². The number of hydrogen-bond acceptors (Lipinski definition) is 6. The lowest BCUT2D eigenvalue weighted by Crippen LogP contribution is -2.43. The van der Waals surface area contributed by atoms with Gasteiger partial charge in [-0.2, -0.15) is 4.31 Å². The number of carbonyl (C=O) groups excluding carboxylic acids is 3. The Bertz CT molecular complexity index is 873. The number of pyridine rings is 1. The van der Waals surface area contributed by atoms with E-state index in [1.807, 2.05) is 0 Å². The number of carbonyl (C=O) groups is 3. The molecule has 2 aliphatic heterocycles. The Morgan fingerprint density at radius 3 is 2.75 bits per heavy atom. The van der Waals surface area contributed by atoms with Gasteiger partial charge >= 0.3 is 0 Å². The van der Waals surface area contributed by atoms with E-state index < -0.39 is 33.9 Å². The fourth-order valence-electron chi connectivity index (χ4n) is 3.79. The lowest BCUT2D eigenvalue weighted by atomic mass is 10.0. The molecule has 28 heavy (non-hydrogen) atoms. The van der Waals surface area contributed by atoms with E-state index in [1.54, 1.807) is 25.1 Å². The Morgan fingerprint density at radius 1 is 1.36 bits per heavy atom. The summed E-state index contributed by atoms with van der Waals surface area (Å²) in [6.45, 7) is 1.74. The van der Waals surface area contributed by atoms with Crippen LogP contribution in [0.5, 0.6) is 0 Å². The molecule has 2 N–H and O–H groups in total. The van der Waals surface area contributed by atoms with E-state index in [2.05, 4.69) is 4.98 Å². The van der Waals surface area contributed by atoms with Crippen molar-refractivity contribution in [3.63, 3.8) is 0 Å². The summed E-state index contributed by atoms with van der Waals surface area (Å²) in [5, 5.41) is 0. The van der Waals surface area contributed by atoms with Gasteiger partial charge in [-0.1, -0.05) is 13.0 Å². The zero-order chi connectivity index (χ0) is 20.5. The Labute approximate surface area is 163 Å². The van der Waals surface area contributed by atoms with Crippen molar-refractivity contribution in [2.24, 2.45) is 11.7 Å². The Hall–Kier alpha value is -2.33. The van der Waals surface area contributed by atoms with Crippen molar-refractivity contribution in [1.29, 1.82) is 0 Å². The van der Waals surface area contributed by atoms with Gasteiger partial charge < -0.3 is 10.6 Å². The highest BCUT2D eigenvalue weighted by atomic mass is 32.2. The molecule has 1 aromatic rings. The number of nitrogens with zero attached hydrogens (tertiary/aromatic N) is 3. The third-order valence-corrected chi connectivity index (χ3v) is 7.16. The molecule has 10 heteroatoms. The fraction of sp³-hybridized carbons (Fsp3) is 0.556. The molecule has 0 radical (unpaired) electrons. The van der Waals surface area contributed by atoms with Gasteiger partial charge in [0.05, 0.1) is 18.3 Å². The summed E-state index contributed by atoms with van der Waals surface area (Å²) in [6, 6.07) is 3.73. The Kier molecular flexibility index (Phi) is 5.80. The minimum Gasteiger partial charge on any atom is -0.369 e. The zero-order valence-corrected chi connectivity index (χ0v) is 16.5. The van der Waals surface area contributed by atoms with Crippen LogP contribution in [0.3, 0.4) is 0 Å². The number of likely N-dealkylation sites (tertiary alicyclic amines) is 1. The second-order valence-electron chi connectivity index (χ2n) is 7.32. The van der Waals surface area contributed by atoms with Crippen molar-refractivity contribution < 1.29 is 22.8 Å². The van der Waals surface area contributed by atoms with Crippen LogP contribution in [0.2, 0.25) is 0 Å². The van der Waals surface area contributed by atoms with E-state index in [-0.39, 0.29) is 30.4 Å². The first-order chi connectivity index (χ1) is 13.2. The molecule has 3 unspecified atom stereocenters. The maximum absolute atomic E-state index is 12.8. The van der Waals surface area contributed by atoms with E-state index in [4.69, 9.17) is 5.73 Å². The van der Waals surface area contributed by atoms with Crippen LogP contribution in [0.4, 0.5) is 0 Å². The Balaban J connectivity index is 1.69. The van der Waals surface area contributed by atoms with Gasteiger partial charge in [0.15, 0.2) is 5.78 Å². The molecule has 9 nitrogen and oxygen atoms in total. The molecule has 1 aromatic heterocycles.